The van der Waals surface area contributed by atoms with E-state index in [9.17, 15) is 22.0 Å². The molecule has 6 heteroatoms. The summed E-state index contributed by atoms with van der Waals surface area (Å²) < 4.78 is 66.3. The Kier molecular flexibility index (Phi) is 3.62. The minimum atomic E-state index is -4.20. The van der Waals surface area contributed by atoms with Gasteiger partial charge in [-0.25, -0.2) is 9.29 Å². The number of nitrogens with zero attached hydrogens (tertiary/aromatic N) is 1. The molecule has 1 heterocycles. The Labute approximate surface area is 90.9 Å². The Hall–Kier alpha value is -0.650. The van der Waals surface area contributed by atoms with E-state index < -0.39 is 23.7 Å². The van der Waals surface area contributed by atoms with Crippen molar-refractivity contribution in [3.8, 4) is 0 Å². The summed E-state index contributed by atoms with van der Waals surface area (Å²) in [6, 6.07) is -4.14. The molecule has 16 heavy (non-hydrogen) atoms. The predicted octanol–water partition coefficient (Wildman–Crippen LogP) is 3.22. The number of allylic oxidation sites excluding steroid dienone is 1. The summed E-state index contributed by atoms with van der Waals surface area (Å²) in [4.78, 5) is 0.467. The van der Waals surface area contributed by atoms with Crippen molar-refractivity contribution >= 4 is 0 Å². The van der Waals surface area contributed by atoms with Gasteiger partial charge in [0, 0.05) is 13.1 Å². The van der Waals surface area contributed by atoms with Crippen molar-refractivity contribution in [1.82, 2.24) is 4.90 Å². The van der Waals surface area contributed by atoms with E-state index in [1.54, 1.807) is 0 Å². The molecular formula is C10H14F5N. The fourth-order valence-electron chi connectivity index (χ4n) is 1.61. The Bertz CT molecular complexity index is 270. The Morgan fingerprint density at radius 2 is 1.62 bits per heavy atom. The smallest absolute Gasteiger partial charge is 0.242 e. The van der Waals surface area contributed by atoms with Crippen molar-refractivity contribution in [2.45, 2.75) is 37.9 Å². The summed E-state index contributed by atoms with van der Waals surface area (Å²) in [6.07, 6.45) is -2.60. The molecule has 1 atom stereocenters. The van der Waals surface area contributed by atoms with Crippen LogP contribution >= 0.6 is 0 Å². The van der Waals surface area contributed by atoms with Gasteiger partial charge in [-0.1, -0.05) is 6.58 Å². The van der Waals surface area contributed by atoms with E-state index in [0.717, 1.165) is 6.92 Å². The molecule has 0 spiro atoms. The second-order valence-corrected chi connectivity index (χ2v) is 4.05. The van der Waals surface area contributed by atoms with Crippen molar-refractivity contribution in [1.29, 1.82) is 0 Å². The highest BCUT2D eigenvalue weighted by Crippen LogP contribution is 2.40. The lowest BCUT2D eigenvalue weighted by Gasteiger charge is -2.33. The van der Waals surface area contributed by atoms with E-state index in [4.69, 9.17) is 0 Å². The quantitative estimate of drug-likeness (QED) is 0.416. The van der Waals surface area contributed by atoms with E-state index in [-0.39, 0.29) is 13.1 Å². The molecule has 0 radical (unpaired) electrons. The number of halogens is 5. The standard InChI is InChI=1S/C10H14F5N/c1-7(2)9(12,13)8(11)10(14,15)16-5-3-4-6-16/h8H,1,3-6H2,2H3. The number of alkyl halides is 5. The van der Waals surface area contributed by atoms with Crippen LogP contribution in [0.5, 0.6) is 0 Å². The average molecular weight is 243 g/mol. The van der Waals surface area contributed by atoms with Crippen LogP contribution in [0.2, 0.25) is 0 Å². The van der Waals surface area contributed by atoms with Crippen LogP contribution in [0.15, 0.2) is 12.2 Å². The zero-order valence-corrected chi connectivity index (χ0v) is 8.95. The fourth-order valence-corrected chi connectivity index (χ4v) is 1.61. The molecule has 1 fully saturated rings. The van der Waals surface area contributed by atoms with Crippen molar-refractivity contribution < 1.29 is 22.0 Å². The topological polar surface area (TPSA) is 3.24 Å². The predicted molar refractivity (Wildman–Crippen MR) is 50.4 cm³/mol. The van der Waals surface area contributed by atoms with Crippen LogP contribution in [-0.4, -0.2) is 36.1 Å². The van der Waals surface area contributed by atoms with Gasteiger partial charge >= 0.3 is 12.0 Å². The van der Waals surface area contributed by atoms with Gasteiger partial charge in [0.2, 0.25) is 6.17 Å². The molecular weight excluding hydrogens is 229 g/mol. The Morgan fingerprint density at radius 1 is 1.19 bits per heavy atom. The van der Waals surface area contributed by atoms with E-state index in [1.807, 2.05) is 0 Å². The van der Waals surface area contributed by atoms with Gasteiger partial charge in [0.15, 0.2) is 0 Å². The van der Waals surface area contributed by atoms with Crippen LogP contribution in [0.25, 0.3) is 0 Å². The zero-order valence-electron chi connectivity index (χ0n) is 8.95. The molecule has 1 nitrogen and oxygen atoms in total. The van der Waals surface area contributed by atoms with E-state index in [2.05, 4.69) is 6.58 Å². The molecule has 1 rings (SSSR count). The lowest BCUT2D eigenvalue weighted by molar-refractivity contribution is -0.234. The molecule has 1 aliphatic rings. The van der Waals surface area contributed by atoms with Gasteiger partial charge < -0.3 is 0 Å². The summed E-state index contributed by atoms with van der Waals surface area (Å²) in [5.41, 5.74) is -0.890. The molecule has 1 unspecified atom stereocenters. The number of likely N-dealkylation sites (tertiary alicyclic amines) is 1. The molecule has 0 aliphatic carbocycles. The van der Waals surface area contributed by atoms with Crippen LogP contribution in [0.4, 0.5) is 22.0 Å². The van der Waals surface area contributed by atoms with Gasteiger partial charge in [0.05, 0.1) is 0 Å². The van der Waals surface area contributed by atoms with Gasteiger partial charge in [0.1, 0.15) is 0 Å². The first-order chi connectivity index (χ1) is 7.20. The molecule has 1 saturated heterocycles. The fraction of sp³-hybridized carbons (Fsp3) is 0.800. The summed E-state index contributed by atoms with van der Waals surface area (Å²) in [6.45, 7) is 3.57. The largest absolute Gasteiger partial charge is 0.342 e. The lowest BCUT2D eigenvalue weighted by Crippen LogP contribution is -2.54. The first-order valence-electron chi connectivity index (χ1n) is 5.01. The summed E-state index contributed by atoms with van der Waals surface area (Å²) >= 11 is 0. The third kappa shape index (κ3) is 2.21. The van der Waals surface area contributed by atoms with E-state index in [0.29, 0.717) is 17.7 Å². The highest BCUT2D eigenvalue weighted by Gasteiger charge is 2.59. The third-order valence-electron chi connectivity index (χ3n) is 2.72. The number of hydrogen-bond donors (Lipinski definition) is 0. The van der Waals surface area contributed by atoms with Gasteiger partial charge in [-0.2, -0.15) is 17.6 Å². The molecule has 0 saturated carbocycles. The van der Waals surface area contributed by atoms with Crippen molar-refractivity contribution in [2.24, 2.45) is 0 Å². The number of hydrogen-bond acceptors (Lipinski definition) is 1. The number of rotatable bonds is 4. The van der Waals surface area contributed by atoms with Crippen LogP contribution in [0, 0.1) is 0 Å². The lowest BCUT2D eigenvalue weighted by atomic mass is 10.1. The van der Waals surface area contributed by atoms with Gasteiger partial charge in [-0.05, 0) is 25.3 Å². The average Bonchev–Trinajstić information content (AvgIpc) is 2.69. The van der Waals surface area contributed by atoms with Crippen molar-refractivity contribution in [3.63, 3.8) is 0 Å². The molecule has 94 valence electrons. The highest BCUT2D eigenvalue weighted by atomic mass is 19.3. The van der Waals surface area contributed by atoms with Crippen LogP contribution in [0.1, 0.15) is 19.8 Å². The van der Waals surface area contributed by atoms with Gasteiger partial charge in [-0.3, -0.25) is 0 Å². The molecule has 0 bridgehead atoms. The highest BCUT2D eigenvalue weighted by molar-refractivity contribution is 5.10. The van der Waals surface area contributed by atoms with Crippen LogP contribution in [0.3, 0.4) is 0 Å². The second-order valence-electron chi connectivity index (χ2n) is 4.05. The first-order valence-corrected chi connectivity index (χ1v) is 5.01. The maximum Gasteiger partial charge on any atom is 0.342 e. The molecule has 0 amide bonds. The first kappa shape index (κ1) is 13.4. The SMILES string of the molecule is C=C(C)C(F)(F)C(F)C(F)(F)N1CCCC1. The molecule has 0 aromatic carbocycles. The zero-order chi connectivity index (χ0) is 12.6. The third-order valence-corrected chi connectivity index (χ3v) is 2.72. The summed E-state index contributed by atoms with van der Waals surface area (Å²) in [5, 5.41) is 0. The van der Waals surface area contributed by atoms with Crippen LogP contribution < -0.4 is 0 Å². The second kappa shape index (κ2) is 4.31. The van der Waals surface area contributed by atoms with E-state index >= 15 is 0 Å². The maximum absolute atomic E-state index is 13.4. The molecule has 0 aromatic rings. The summed E-state index contributed by atoms with van der Waals surface area (Å²) in [5.74, 6) is -4.20. The van der Waals surface area contributed by atoms with Gasteiger partial charge in [0.25, 0.3) is 0 Å². The molecule has 0 N–H and O–H groups in total. The Balaban J connectivity index is 2.85. The molecule has 1 aliphatic heterocycles. The summed E-state index contributed by atoms with van der Waals surface area (Å²) in [7, 11) is 0. The molecule has 0 aromatic heterocycles. The van der Waals surface area contributed by atoms with Crippen LogP contribution in [-0.2, 0) is 0 Å². The van der Waals surface area contributed by atoms with E-state index in [1.165, 1.54) is 0 Å². The van der Waals surface area contributed by atoms with Gasteiger partial charge in [-0.15, -0.1) is 0 Å². The monoisotopic (exact) mass is 243 g/mol. The maximum atomic E-state index is 13.4. The minimum Gasteiger partial charge on any atom is -0.242 e. The van der Waals surface area contributed by atoms with Crippen molar-refractivity contribution in [2.75, 3.05) is 13.1 Å². The Morgan fingerprint density at radius 3 is 2.00 bits per heavy atom. The van der Waals surface area contributed by atoms with Crippen molar-refractivity contribution in [3.05, 3.63) is 12.2 Å². The minimum absolute atomic E-state index is 0.0559. The normalized spacial score (nSPS) is 21.1.